The number of Topliss-reactive ketones (excluding diaryl/α,β-unsaturated/α-hetero) is 1. The second-order valence-corrected chi connectivity index (χ2v) is 8.21. The van der Waals surface area contributed by atoms with E-state index in [0.717, 1.165) is 5.56 Å². The molecule has 182 valence electrons. The summed E-state index contributed by atoms with van der Waals surface area (Å²) in [6, 6.07) is 13.1. The number of hydrogen-bond donors (Lipinski definition) is 1. The molecule has 1 aliphatic rings. The van der Waals surface area contributed by atoms with Crippen LogP contribution in [0.4, 0.5) is 17.7 Å². The highest BCUT2D eigenvalue weighted by Crippen LogP contribution is 2.18. The number of benzene rings is 1. The minimum absolute atomic E-state index is 0.0112. The van der Waals surface area contributed by atoms with Crippen molar-refractivity contribution in [2.24, 2.45) is 0 Å². The largest absolute Gasteiger partial charge is 0.468 e. The Hall–Kier alpha value is -3.92. The Morgan fingerprint density at radius 2 is 1.80 bits per heavy atom. The molecule has 0 radical (unpaired) electrons. The van der Waals surface area contributed by atoms with Gasteiger partial charge in [0, 0.05) is 50.8 Å². The monoisotopic (exact) mass is 475 g/mol. The van der Waals surface area contributed by atoms with Gasteiger partial charge in [-0.3, -0.25) is 14.5 Å². The third-order valence-corrected chi connectivity index (χ3v) is 5.75. The standard InChI is InChI=1S/C25H29N7O3/c1-3-21-27-24(30-25(29-21)32-13-11-31(12-14-32)17-23(34)35-2)28-22-16-19(9-10-26-22)20(33)15-18-7-5-4-6-8-18/h4-10,16H,3,11-15,17H2,1-2H3,(H,26,27,28,29,30). The van der Waals surface area contributed by atoms with Gasteiger partial charge in [-0.25, -0.2) is 4.98 Å². The third-order valence-electron chi connectivity index (χ3n) is 5.75. The van der Waals surface area contributed by atoms with Crippen LogP contribution in [-0.4, -0.2) is 76.4 Å². The van der Waals surface area contributed by atoms with E-state index in [4.69, 9.17) is 4.74 Å². The van der Waals surface area contributed by atoms with Crippen molar-refractivity contribution in [1.29, 1.82) is 0 Å². The van der Waals surface area contributed by atoms with E-state index in [2.05, 4.69) is 30.2 Å². The normalized spacial score (nSPS) is 13.9. The summed E-state index contributed by atoms with van der Waals surface area (Å²) < 4.78 is 4.76. The fourth-order valence-electron chi connectivity index (χ4n) is 3.79. The van der Waals surface area contributed by atoms with Crippen LogP contribution in [0.2, 0.25) is 0 Å². The van der Waals surface area contributed by atoms with Gasteiger partial charge in [0.1, 0.15) is 11.6 Å². The van der Waals surface area contributed by atoms with E-state index in [9.17, 15) is 9.59 Å². The minimum atomic E-state index is -0.240. The molecule has 0 bridgehead atoms. The number of carbonyl (C=O) groups excluding carboxylic acids is 2. The molecule has 3 heterocycles. The van der Waals surface area contributed by atoms with Gasteiger partial charge < -0.3 is 15.0 Å². The van der Waals surface area contributed by atoms with Gasteiger partial charge in [-0.1, -0.05) is 37.3 Å². The van der Waals surface area contributed by atoms with E-state index in [0.29, 0.717) is 68.1 Å². The summed E-state index contributed by atoms with van der Waals surface area (Å²) in [6.07, 6.45) is 2.57. The van der Waals surface area contributed by atoms with E-state index < -0.39 is 0 Å². The van der Waals surface area contributed by atoms with Crippen molar-refractivity contribution < 1.29 is 14.3 Å². The second kappa shape index (κ2) is 11.5. The number of nitrogens with zero attached hydrogens (tertiary/aromatic N) is 6. The number of ether oxygens (including phenoxy) is 1. The van der Waals surface area contributed by atoms with Crippen molar-refractivity contribution in [3.05, 3.63) is 65.6 Å². The van der Waals surface area contributed by atoms with Gasteiger partial charge in [0.15, 0.2) is 5.78 Å². The Balaban J connectivity index is 1.45. The van der Waals surface area contributed by atoms with Gasteiger partial charge in [0.2, 0.25) is 11.9 Å². The van der Waals surface area contributed by atoms with Crippen molar-refractivity contribution in [3.63, 3.8) is 0 Å². The minimum Gasteiger partial charge on any atom is -0.468 e. The first-order valence-electron chi connectivity index (χ1n) is 11.6. The lowest BCUT2D eigenvalue weighted by molar-refractivity contribution is -0.142. The molecule has 1 aromatic carbocycles. The molecule has 0 saturated carbocycles. The third kappa shape index (κ3) is 6.57. The van der Waals surface area contributed by atoms with E-state index in [1.54, 1.807) is 18.3 Å². The summed E-state index contributed by atoms with van der Waals surface area (Å²) in [4.78, 5) is 46.5. The highest BCUT2D eigenvalue weighted by molar-refractivity contribution is 5.98. The summed E-state index contributed by atoms with van der Waals surface area (Å²) in [5, 5.41) is 3.14. The lowest BCUT2D eigenvalue weighted by Gasteiger charge is -2.34. The first-order valence-corrected chi connectivity index (χ1v) is 11.6. The number of hydrogen-bond acceptors (Lipinski definition) is 10. The molecule has 0 atom stereocenters. The lowest BCUT2D eigenvalue weighted by Crippen LogP contribution is -2.48. The zero-order valence-electron chi connectivity index (χ0n) is 20.0. The molecule has 10 nitrogen and oxygen atoms in total. The fraction of sp³-hybridized carbons (Fsp3) is 0.360. The van der Waals surface area contributed by atoms with E-state index >= 15 is 0 Å². The quantitative estimate of drug-likeness (QED) is 0.365. The maximum absolute atomic E-state index is 12.8. The summed E-state index contributed by atoms with van der Waals surface area (Å²) in [7, 11) is 1.40. The summed E-state index contributed by atoms with van der Waals surface area (Å²) in [5.74, 6) is 1.88. The topological polar surface area (TPSA) is 113 Å². The first-order chi connectivity index (χ1) is 17.0. The smallest absolute Gasteiger partial charge is 0.319 e. The molecule has 0 unspecified atom stereocenters. The van der Waals surface area contributed by atoms with Crippen LogP contribution in [0.1, 0.15) is 28.7 Å². The highest BCUT2D eigenvalue weighted by atomic mass is 16.5. The van der Waals surface area contributed by atoms with Crippen LogP contribution in [0.5, 0.6) is 0 Å². The van der Waals surface area contributed by atoms with Gasteiger partial charge in [0.05, 0.1) is 13.7 Å². The number of aryl methyl sites for hydroxylation is 1. The van der Waals surface area contributed by atoms with Gasteiger partial charge in [-0.15, -0.1) is 0 Å². The number of ketones is 1. The van der Waals surface area contributed by atoms with Crippen LogP contribution in [0, 0.1) is 0 Å². The molecule has 1 N–H and O–H groups in total. The van der Waals surface area contributed by atoms with E-state index in [1.807, 2.05) is 42.2 Å². The maximum atomic E-state index is 12.8. The van der Waals surface area contributed by atoms with Gasteiger partial charge in [-0.05, 0) is 17.7 Å². The average Bonchev–Trinajstić information content (AvgIpc) is 2.89. The lowest BCUT2D eigenvalue weighted by atomic mass is 10.0. The van der Waals surface area contributed by atoms with Crippen molar-refractivity contribution in [3.8, 4) is 0 Å². The molecule has 2 aromatic heterocycles. The van der Waals surface area contributed by atoms with Crippen LogP contribution in [0.15, 0.2) is 48.7 Å². The molecule has 0 amide bonds. The number of esters is 1. The average molecular weight is 476 g/mol. The van der Waals surface area contributed by atoms with Crippen molar-refractivity contribution in [1.82, 2.24) is 24.8 Å². The van der Waals surface area contributed by atoms with Gasteiger partial charge >= 0.3 is 5.97 Å². The molecule has 10 heteroatoms. The fourth-order valence-corrected chi connectivity index (χ4v) is 3.79. The van der Waals surface area contributed by atoms with Gasteiger partial charge in [0.25, 0.3) is 0 Å². The van der Waals surface area contributed by atoms with E-state index in [1.165, 1.54) is 7.11 Å². The molecule has 0 spiro atoms. The summed E-state index contributed by atoms with van der Waals surface area (Å²) >= 11 is 0. The SMILES string of the molecule is CCc1nc(Nc2cc(C(=O)Cc3ccccc3)ccn2)nc(N2CCN(CC(=O)OC)CC2)n1. The zero-order chi connectivity index (χ0) is 24.6. The molecule has 4 rings (SSSR count). The van der Waals surface area contributed by atoms with Crippen LogP contribution >= 0.6 is 0 Å². The van der Waals surface area contributed by atoms with Crippen molar-refractivity contribution >= 4 is 29.5 Å². The summed E-state index contributed by atoms with van der Waals surface area (Å²) in [6.45, 7) is 5.05. The van der Waals surface area contributed by atoms with Crippen LogP contribution in [0.25, 0.3) is 0 Å². The predicted molar refractivity (Wildman–Crippen MR) is 132 cm³/mol. The Labute approximate surface area is 204 Å². The first kappa shape index (κ1) is 24.2. The second-order valence-electron chi connectivity index (χ2n) is 8.21. The molecular formula is C25H29N7O3. The Kier molecular flexibility index (Phi) is 7.94. The summed E-state index contributed by atoms with van der Waals surface area (Å²) in [5.41, 5.74) is 1.53. The molecule has 0 aliphatic carbocycles. The number of nitrogens with one attached hydrogen (secondary N) is 1. The number of carbonyl (C=O) groups is 2. The molecule has 1 fully saturated rings. The number of anilines is 3. The zero-order valence-corrected chi connectivity index (χ0v) is 20.0. The van der Waals surface area contributed by atoms with Crippen LogP contribution in [-0.2, 0) is 22.4 Å². The van der Waals surface area contributed by atoms with Gasteiger partial charge in [-0.2, -0.15) is 15.0 Å². The molecule has 1 aliphatic heterocycles. The van der Waals surface area contributed by atoms with Crippen molar-refractivity contribution in [2.45, 2.75) is 19.8 Å². The number of aromatic nitrogens is 4. The predicted octanol–water partition coefficient (Wildman–Crippen LogP) is 2.29. The number of rotatable bonds is 9. The number of pyridine rings is 1. The molecular weight excluding hydrogens is 446 g/mol. The molecule has 3 aromatic rings. The maximum Gasteiger partial charge on any atom is 0.319 e. The molecule has 1 saturated heterocycles. The van der Waals surface area contributed by atoms with Crippen LogP contribution < -0.4 is 10.2 Å². The Morgan fingerprint density at radius 1 is 1.03 bits per heavy atom. The van der Waals surface area contributed by atoms with Crippen LogP contribution in [0.3, 0.4) is 0 Å². The number of piperazine rings is 1. The Bertz CT molecular complexity index is 1160. The molecule has 35 heavy (non-hydrogen) atoms. The Morgan fingerprint density at radius 3 is 2.51 bits per heavy atom. The van der Waals surface area contributed by atoms with E-state index in [-0.39, 0.29) is 18.3 Å². The highest BCUT2D eigenvalue weighted by Gasteiger charge is 2.22. The van der Waals surface area contributed by atoms with Crippen molar-refractivity contribution in [2.75, 3.05) is 50.1 Å². The number of methoxy groups -OCH3 is 1.